The van der Waals surface area contributed by atoms with Crippen molar-refractivity contribution in [1.82, 2.24) is 14.7 Å². The lowest BCUT2D eigenvalue weighted by molar-refractivity contribution is 0.0948. The summed E-state index contributed by atoms with van der Waals surface area (Å²) in [5, 5.41) is 3.83. The van der Waals surface area contributed by atoms with Crippen LogP contribution in [0.2, 0.25) is 0 Å². The number of aromatic nitrogens is 2. The summed E-state index contributed by atoms with van der Waals surface area (Å²) in [6.07, 6.45) is 2.21. The molecule has 0 bridgehead atoms. The molecule has 4 nitrogen and oxygen atoms in total. The predicted molar refractivity (Wildman–Crippen MR) is 91.7 cm³/mol. The highest BCUT2D eigenvalue weighted by Gasteiger charge is 2.52. The van der Waals surface area contributed by atoms with E-state index in [2.05, 4.69) is 14.7 Å². The van der Waals surface area contributed by atoms with Gasteiger partial charge in [0.15, 0.2) is 11.6 Å². The van der Waals surface area contributed by atoms with Crippen LogP contribution in [0.4, 0.5) is 8.78 Å². The molecule has 1 aliphatic carbocycles. The minimum absolute atomic E-state index is 0.123. The highest BCUT2D eigenvalue weighted by molar-refractivity contribution is 7.12. The molecule has 2 heterocycles. The van der Waals surface area contributed by atoms with Gasteiger partial charge in [-0.3, -0.25) is 4.79 Å². The minimum Gasteiger partial charge on any atom is -0.348 e. The van der Waals surface area contributed by atoms with Gasteiger partial charge in [-0.1, -0.05) is 13.0 Å². The molecule has 1 N–H and O–H groups in total. The van der Waals surface area contributed by atoms with Crippen molar-refractivity contribution in [2.24, 2.45) is 0 Å². The molecule has 128 valence electrons. The Morgan fingerprint density at radius 3 is 2.88 bits per heavy atom. The molecule has 1 aliphatic rings. The Labute approximate surface area is 147 Å². The zero-order valence-electron chi connectivity index (χ0n) is 13.6. The van der Waals surface area contributed by atoms with Crippen molar-refractivity contribution in [3.05, 3.63) is 58.9 Å². The van der Waals surface area contributed by atoms with Crippen LogP contribution in [-0.2, 0) is 5.41 Å². The fraction of sp³-hybridized carbons (Fsp3) is 0.278. The molecule has 0 spiro atoms. The van der Waals surface area contributed by atoms with Gasteiger partial charge in [-0.05, 0) is 48.6 Å². The van der Waals surface area contributed by atoms with Crippen LogP contribution in [0.5, 0.6) is 0 Å². The first-order valence-electron chi connectivity index (χ1n) is 7.87. The predicted octanol–water partition coefficient (Wildman–Crippen LogP) is 3.74. The third-order valence-corrected chi connectivity index (χ3v) is 5.76. The number of rotatable bonds is 3. The molecule has 0 saturated heterocycles. The Morgan fingerprint density at radius 2 is 2.12 bits per heavy atom. The zero-order chi connectivity index (χ0) is 17.8. The summed E-state index contributed by atoms with van der Waals surface area (Å²) in [7, 11) is 0. The first kappa shape index (κ1) is 16.1. The second-order valence-corrected chi connectivity index (χ2v) is 7.37. The zero-order valence-corrected chi connectivity index (χ0v) is 14.5. The number of benzene rings is 1. The number of hydrogen-bond donors (Lipinski definition) is 1. The number of fused-ring (bicyclic) bond motifs is 1. The van der Waals surface area contributed by atoms with Crippen LogP contribution < -0.4 is 5.32 Å². The maximum Gasteiger partial charge on any atom is 0.253 e. The van der Waals surface area contributed by atoms with E-state index in [1.807, 2.05) is 13.8 Å². The van der Waals surface area contributed by atoms with Crippen molar-refractivity contribution in [2.45, 2.75) is 31.7 Å². The molecule has 2 atom stereocenters. The van der Waals surface area contributed by atoms with E-state index in [4.69, 9.17) is 0 Å². The van der Waals surface area contributed by atoms with E-state index in [-0.39, 0.29) is 17.4 Å². The average Bonchev–Trinajstić information content (AvgIpc) is 3.10. The van der Waals surface area contributed by atoms with Crippen LogP contribution >= 0.6 is 11.5 Å². The lowest BCUT2D eigenvalue weighted by Gasteiger charge is -2.13. The van der Waals surface area contributed by atoms with Gasteiger partial charge in [0.05, 0.1) is 11.3 Å². The second kappa shape index (κ2) is 5.56. The van der Waals surface area contributed by atoms with Crippen LogP contribution in [0.1, 0.15) is 35.0 Å². The van der Waals surface area contributed by atoms with Gasteiger partial charge in [-0.15, -0.1) is 0 Å². The number of nitrogens with one attached hydrogen (secondary N) is 1. The third-order valence-electron chi connectivity index (χ3n) is 4.89. The molecule has 3 aromatic rings. The summed E-state index contributed by atoms with van der Waals surface area (Å²) in [6, 6.07) is 5.56. The number of carbonyl (C=O) groups excluding carboxylic acids is 1. The quantitative estimate of drug-likeness (QED) is 0.775. The van der Waals surface area contributed by atoms with Crippen LogP contribution in [-0.4, -0.2) is 21.3 Å². The first-order chi connectivity index (χ1) is 11.9. The Balaban J connectivity index is 1.53. The topological polar surface area (TPSA) is 54.9 Å². The van der Waals surface area contributed by atoms with Gasteiger partial charge in [0.1, 0.15) is 4.83 Å². The molecular weight excluding hydrogens is 344 g/mol. The lowest BCUT2D eigenvalue weighted by atomic mass is 9.97. The number of halogens is 2. The van der Waals surface area contributed by atoms with Crippen molar-refractivity contribution >= 4 is 27.7 Å². The summed E-state index contributed by atoms with van der Waals surface area (Å²) < 4.78 is 30.8. The van der Waals surface area contributed by atoms with Crippen molar-refractivity contribution < 1.29 is 13.6 Å². The Kier molecular flexibility index (Phi) is 3.57. The minimum atomic E-state index is -0.870. The fourth-order valence-electron chi connectivity index (χ4n) is 3.06. The fourth-order valence-corrected chi connectivity index (χ4v) is 3.78. The maximum atomic E-state index is 13.5. The molecule has 2 aromatic heterocycles. The molecule has 1 saturated carbocycles. The highest BCUT2D eigenvalue weighted by Crippen LogP contribution is 2.48. The van der Waals surface area contributed by atoms with Crippen LogP contribution in [0, 0.1) is 18.6 Å². The maximum absolute atomic E-state index is 13.5. The normalized spacial score (nSPS) is 22.2. The van der Waals surface area contributed by atoms with E-state index in [0.717, 1.165) is 22.0 Å². The SMILES string of the molecule is Cc1nsc2ncc(C(=O)NC3CC3(C)c3ccc(F)c(F)c3)cc12. The summed E-state index contributed by atoms with van der Waals surface area (Å²) in [5.41, 5.74) is 1.61. The number of aryl methyl sites for hydroxylation is 1. The number of pyridine rings is 1. The molecule has 7 heteroatoms. The van der Waals surface area contributed by atoms with Crippen molar-refractivity contribution in [3.63, 3.8) is 0 Å². The lowest BCUT2D eigenvalue weighted by Crippen LogP contribution is -2.30. The summed E-state index contributed by atoms with van der Waals surface area (Å²) in [5.74, 6) is -1.96. The monoisotopic (exact) mass is 359 g/mol. The van der Waals surface area contributed by atoms with E-state index in [1.165, 1.54) is 23.8 Å². The standard InChI is InChI=1S/C18H15F2N3OS/c1-9-12-5-10(8-21-17(12)25-23-9)16(24)22-15-7-18(15,2)11-3-4-13(19)14(20)6-11/h3-6,8,15H,7H2,1-2H3,(H,22,24). The van der Waals surface area contributed by atoms with Crippen LogP contribution in [0.15, 0.2) is 30.5 Å². The molecule has 1 fully saturated rings. The molecule has 4 rings (SSSR count). The smallest absolute Gasteiger partial charge is 0.253 e. The van der Waals surface area contributed by atoms with Gasteiger partial charge >= 0.3 is 0 Å². The Morgan fingerprint density at radius 1 is 1.32 bits per heavy atom. The van der Waals surface area contributed by atoms with Gasteiger partial charge < -0.3 is 5.32 Å². The summed E-state index contributed by atoms with van der Waals surface area (Å²) in [6.45, 7) is 3.81. The largest absolute Gasteiger partial charge is 0.348 e. The van der Waals surface area contributed by atoms with E-state index >= 15 is 0 Å². The third kappa shape index (κ3) is 2.68. The average molecular weight is 359 g/mol. The van der Waals surface area contributed by atoms with Gasteiger partial charge in [-0.25, -0.2) is 13.8 Å². The molecule has 0 aliphatic heterocycles. The number of carbonyl (C=O) groups is 1. The molecular formula is C18H15F2N3OS. The number of nitrogens with zero attached hydrogens (tertiary/aromatic N) is 2. The molecule has 1 aromatic carbocycles. The molecule has 0 radical (unpaired) electrons. The van der Waals surface area contributed by atoms with E-state index in [1.54, 1.807) is 12.1 Å². The number of hydrogen-bond acceptors (Lipinski definition) is 4. The van der Waals surface area contributed by atoms with Crippen molar-refractivity contribution in [2.75, 3.05) is 0 Å². The first-order valence-corrected chi connectivity index (χ1v) is 8.64. The highest BCUT2D eigenvalue weighted by atomic mass is 32.1. The summed E-state index contributed by atoms with van der Waals surface area (Å²) >= 11 is 1.30. The second-order valence-electron chi connectivity index (χ2n) is 6.62. The number of amides is 1. The van der Waals surface area contributed by atoms with E-state index in [0.29, 0.717) is 17.5 Å². The van der Waals surface area contributed by atoms with E-state index < -0.39 is 11.6 Å². The Hall–Kier alpha value is -2.41. The van der Waals surface area contributed by atoms with Gasteiger partial charge in [0.25, 0.3) is 5.91 Å². The van der Waals surface area contributed by atoms with Gasteiger partial charge in [0.2, 0.25) is 0 Å². The van der Waals surface area contributed by atoms with E-state index in [9.17, 15) is 13.6 Å². The molecule has 1 amide bonds. The molecule has 25 heavy (non-hydrogen) atoms. The summed E-state index contributed by atoms with van der Waals surface area (Å²) in [4.78, 5) is 17.6. The van der Waals surface area contributed by atoms with Crippen LogP contribution in [0.25, 0.3) is 10.2 Å². The van der Waals surface area contributed by atoms with Crippen molar-refractivity contribution in [3.8, 4) is 0 Å². The van der Waals surface area contributed by atoms with Gasteiger partial charge in [0, 0.05) is 23.0 Å². The van der Waals surface area contributed by atoms with Crippen molar-refractivity contribution in [1.29, 1.82) is 0 Å². The Bertz CT molecular complexity index is 1000. The molecule has 2 unspecified atom stereocenters. The van der Waals surface area contributed by atoms with Crippen LogP contribution in [0.3, 0.4) is 0 Å². The van der Waals surface area contributed by atoms with Gasteiger partial charge in [-0.2, -0.15) is 4.37 Å².